The minimum atomic E-state index is -0.622. The summed E-state index contributed by atoms with van der Waals surface area (Å²) in [6, 6.07) is 0. The third-order valence-electron chi connectivity index (χ3n) is 5.15. The summed E-state index contributed by atoms with van der Waals surface area (Å²) < 4.78 is 5.80. The van der Waals surface area contributed by atoms with E-state index in [1.807, 2.05) is 0 Å². The number of carboxylic acids is 1. The number of ether oxygens (including phenoxy) is 1. The highest BCUT2D eigenvalue weighted by atomic mass is 32.2. The van der Waals surface area contributed by atoms with Crippen LogP contribution in [-0.2, 0) is 9.53 Å². The number of carbonyl (C=O) groups is 1. The fraction of sp³-hybridized carbons (Fsp3) is 0.933. The van der Waals surface area contributed by atoms with Gasteiger partial charge in [0.05, 0.1) is 11.7 Å². The van der Waals surface area contributed by atoms with E-state index in [4.69, 9.17) is 4.74 Å². The van der Waals surface area contributed by atoms with E-state index in [2.05, 4.69) is 0 Å². The zero-order valence-electron chi connectivity index (χ0n) is 11.5. The van der Waals surface area contributed by atoms with Crippen LogP contribution in [0.25, 0.3) is 0 Å². The van der Waals surface area contributed by atoms with E-state index in [-0.39, 0.29) is 11.7 Å². The van der Waals surface area contributed by atoms with Crippen molar-refractivity contribution in [3.63, 3.8) is 0 Å². The highest BCUT2D eigenvalue weighted by molar-refractivity contribution is 8.01. The summed E-state index contributed by atoms with van der Waals surface area (Å²) in [6.45, 7) is 0. The molecule has 19 heavy (non-hydrogen) atoms. The molecule has 3 nitrogen and oxygen atoms in total. The Kier molecular flexibility index (Phi) is 3.82. The first-order valence-corrected chi connectivity index (χ1v) is 8.68. The van der Waals surface area contributed by atoms with Crippen molar-refractivity contribution < 1.29 is 14.6 Å². The SMILES string of the molecule is O=C(O)C1(CC2CCC3(CCCCC3)O2)CCCS1. The van der Waals surface area contributed by atoms with Crippen molar-refractivity contribution in [1.29, 1.82) is 0 Å². The Morgan fingerprint density at radius 2 is 1.95 bits per heavy atom. The van der Waals surface area contributed by atoms with Crippen molar-refractivity contribution in [2.75, 3.05) is 5.75 Å². The van der Waals surface area contributed by atoms with Gasteiger partial charge in [0.15, 0.2) is 0 Å². The summed E-state index contributed by atoms with van der Waals surface area (Å²) in [6.07, 6.45) is 11.3. The maximum Gasteiger partial charge on any atom is 0.319 e. The molecule has 2 atom stereocenters. The molecular weight excluding hydrogens is 260 g/mol. The molecule has 3 rings (SSSR count). The van der Waals surface area contributed by atoms with E-state index in [1.54, 1.807) is 11.8 Å². The van der Waals surface area contributed by atoms with Gasteiger partial charge in [-0.15, -0.1) is 11.8 Å². The third-order valence-corrected chi connectivity index (χ3v) is 6.74. The largest absolute Gasteiger partial charge is 0.480 e. The number of hydrogen-bond acceptors (Lipinski definition) is 3. The van der Waals surface area contributed by atoms with Crippen LogP contribution in [0.5, 0.6) is 0 Å². The molecule has 3 fully saturated rings. The van der Waals surface area contributed by atoms with Crippen LogP contribution in [0.2, 0.25) is 0 Å². The van der Waals surface area contributed by atoms with Crippen LogP contribution in [0.4, 0.5) is 0 Å². The average molecular weight is 284 g/mol. The van der Waals surface area contributed by atoms with Gasteiger partial charge >= 0.3 is 5.97 Å². The fourth-order valence-electron chi connectivity index (χ4n) is 4.09. The Hall–Kier alpha value is -0.220. The molecule has 1 spiro atoms. The van der Waals surface area contributed by atoms with Gasteiger partial charge in [0.25, 0.3) is 0 Å². The molecule has 2 aliphatic heterocycles. The summed E-state index contributed by atoms with van der Waals surface area (Å²) in [4.78, 5) is 11.6. The lowest BCUT2D eigenvalue weighted by atomic mass is 9.83. The summed E-state index contributed by atoms with van der Waals surface area (Å²) in [5.74, 6) is 0.368. The molecule has 2 heterocycles. The molecule has 2 unspecified atom stereocenters. The van der Waals surface area contributed by atoms with Crippen molar-refractivity contribution in [3.8, 4) is 0 Å². The third kappa shape index (κ3) is 2.66. The predicted octanol–water partition coefficient (Wildman–Crippen LogP) is 3.61. The Labute approximate surface area is 119 Å². The maximum atomic E-state index is 11.6. The summed E-state index contributed by atoms with van der Waals surface area (Å²) in [5.41, 5.74) is 0.117. The topological polar surface area (TPSA) is 46.5 Å². The fourth-order valence-corrected chi connectivity index (χ4v) is 5.48. The van der Waals surface area contributed by atoms with Crippen LogP contribution >= 0.6 is 11.8 Å². The van der Waals surface area contributed by atoms with Crippen LogP contribution in [-0.4, -0.2) is 33.3 Å². The lowest BCUT2D eigenvalue weighted by Gasteiger charge is -2.34. The second-order valence-corrected chi connectivity index (χ2v) is 7.96. The van der Waals surface area contributed by atoms with Gasteiger partial charge in [0.1, 0.15) is 4.75 Å². The first kappa shape index (κ1) is 13.7. The van der Waals surface area contributed by atoms with Crippen molar-refractivity contribution in [2.24, 2.45) is 0 Å². The molecule has 0 aromatic rings. The van der Waals surface area contributed by atoms with E-state index in [1.165, 1.54) is 32.1 Å². The standard InChI is InChI=1S/C15H24O3S/c16-13(17)15(8-4-10-19-15)11-12-5-9-14(18-12)6-2-1-3-7-14/h12H,1-11H2,(H,16,17). The number of thioether (sulfide) groups is 1. The minimum Gasteiger partial charge on any atom is -0.480 e. The molecule has 3 aliphatic rings. The van der Waals surface area contributed by atoms with Gasteiger partial charge in [-0.3, -0.25) is 4.79 Å². The predicted molar refractivity (Wildman–Crippen MR) is 76.6 cm³/mol. The molecule has 0 amide bonds. The van der Waals surface area contributed by atoms with E-state index >= 15 is 0 Å². The molecule has 0 radical (unpaired) electrons. The lowest BCUT2D eigenvalue weighted by molar-refractivity contribution is -0.142. The monoisotopic (exact) mass is 284 g/mol. The van der Waals surface area contributed by atoms with E-state index in [9.17, 15) is 9.90 Å². The van der Waals surface area contributed by atoms with E-state index in [0.29, 0.717) is 0 Å². The number of hydrogen-bond donors (Lipinski definition) is 1. The normalized spacial score (nSPS) is 37.8. The highest BCUT2D eigenvalue weighted by Gasteiger charge is 2.48. The quantitative estimate of drug-likeness (QED) is 0.860. The van der Waals surface area contributed by atoms with Crippen LogP contribution in [0, 0.1) is 0 Å². The molecule has 108 valence electrons. The molecular formula is C15H24O3S. The zero-order valence-corrected chi connectivity index (χ0v) is 12.3. The molecule has 4 heteroatoms. The Morgan fingerprint density at radius 3 is 2.58 bits per heavy atom. The minimum absolute atomic E-state index is 0.117. The highest BCUT2D eigenvalue weighted by Crippen LogP contribution is 2.48. The average Bonchev–Trinajstić information content (AvgIpc) is 3.00. The second kappa shape index (κ2) is 5.28. The molecule has 1 aliphatic carbocycles. The number of aliphatic carboxylic acids is 1. The second-order valence-electron chi connectivity index (χ2n) is 6.48. The Bertz CT molecular complexity index is 343. The number of rotatable bonds is 3. The van der Waals surface area contributed by atoms with E-state index in [0.717, 1.165) is 37.9 Å². The Balaban J connectivity index is 1.63. The molecule has 0 aromatic carbocycles. The van der Waals surface area contributed by atoms with E-state index < -0.39 is 10.7 Å². The van der Waals surface area contributed by atoms with Crippen molar-refractivity contribution in [2.45, 2.75) is 80.7 Å². The van der Waals surface area contributed by atoms with Crippen molar-refractivity contribution in [1.82, 2.24) is 0 Å². The van der Waals surface area contributed by atoms with Gasteiger partial charge in [-0.2, -0.15) is 0 Å². The van der Waals surface area contributed by atoms with Gasteiger partial charge in [-0.1, -0.05) is 19.3 Å². The van der Waals surface area contributed by atoms with Gasteiger partial charge < -0.3 is 9.84 Å². The molecule has 1 N–H and O–H groups in total. The van der Waals surface area contributed by atoms with Crippen LogP contribution < -0.4 is 0 Å². The van der Waals surface area contributed by atoms with Crippen molar-refractivity contribution >= 4 is 17.7 Å². The van der Waals surface area contributed by atoms with Gasteiger partial charge in [-0.05, 0) is 50.7 Å². The molecule has 2 saturated heterocycles. The smallest absolute Gasteiger partial charge is 0.319 e. The summed E-state index contributed by atoms with van der Waals surface area (Å²) >= 11 is 1.64. The first-order valence-electron chi connectivity index (χ1n) is 7.69. The van der Waals surface area contributed by atoms with Crippen LogP contribution in [0.15, 0.2) is 0 Å². The molecule has 1 saturated carbocycles. The molecule has 0 aromatic heterocycles. The van der Waals surface area contributed by atoms with Gasteiger partial charge in [-0.25, -0.2) is 0 Å². The van der Waals surface area contributed by atoms with Gasteiger partial charge in [0.2, 0.25) is 0 Å². The lowest BCUT2D eigenvalue weighted by Crippen LogP contribution is -2.38. The van der Waals surface area contributed by atoms with Crippen molar-refractivity contribution in [3.05, 3.63) is 0 Å². The van der Waals surface area contributed by atoms with Gasteiger partial charge in [0, 0.05) is 0 Å². The van der Waals surface area contributed by atoms with Crippen LogP contribution in [0.3, 0.4) is 0 Å². The maximum absolute atomic E-state index is 11.6. The number of carboxylic acid groups (broad SMARTS) is 1. The Morgan fingerprint density at radius 1 is 1.16 bits per heavy atom. The molecule has 0 bridgehead atoms. The summed E-state index contributed by atoms with van der Waals surface area (Å²) in [5, 5.41) is 9.55. The zero-order chi connectivity index (χ0) is 13.3. The van der Waals surface area contributed by atoms with Crippen LogP contribution in [0.1, 0.15) is 64.2 Å². The first-order chi connectivity index (χ1) is 9.14. The summed E-state index contributed by atoms with van der Waals surface area (Å²) in [7, 11) is 0.